The smallest absolute Gasteiger partial charge is 0.0434 e. The Balaban J connectivity index is 1.85. The first kappa shape index (κ1) is 16.7. The van der Waals surface area contributed by atoms with Crippen LogP contribution >= 0.6 is 27.3 Å². The lowest BCUT2D eigenvalue weighted by molar-refractivity contribution is 1.46. The first-order valence-electron chi connectivity index (χ1n) is 8.98. The molecule has 0 atom stereocenters. The fraction of sp³-hybridized carbons (Fsp3) is 0.0400. The second-order valence-electron chi connectivity index (χ2n) is 6.81. The molecule has 130 valence electrons. The molecule has 0 bridgehead atoms. The summed E-state index contributed by atoms with van der Waals surface area (Å²) < 4.78 is 3.82. The Morgan fingerprint density at radius 1 is 0.630 bits per heavy atom. The maximum Gasteiger partial charge on any atom is 0.0434 e. The van der Waals surface area contributed by atoms with Crippen molar-refractivity contribution in [3.8, 4) is 22.3 Å². The van der Waals surface area contributed by atoms with E-state index in [0.29, 0.717) is 0 Å². The SMILES string of the molecule is Cc1ccc(-c2cccc3c2sc2ccccc23)c(-c2ccccc2Br)c1. The van der Waals surface area contributed by atoms with Crippen LogP contribution in [-0.2, 0) is 0 Å². The number of hydrogen-bond donors (Lipinski definition) is 0. The van der Waals surface area contributed by atoms with E-state index in [2.05, 4.69) is 108 Å². The minimum absolute atomic E-state index is 1.13. The zero-order chi connectivity index (χ0) is 18.4. The minimum atomic E-state index is 1.13. The molecular formula is C25H17BrS. The van der Waals surface area contributed by atoms with Crippen molar-refractivity contribution in [2.75, 3.05) is 0 Å². The van der Waals surface area contributed by atoms with Crippen LogP contribution in [0.2, 0.25) is 0 Å². The van der Waals surface area contributed by atoms with Gasteiger partial charge in [0, 0.05) is 30.2 Å². The van der Waals surface area contributed by atoms with Crippen LogP contribution in [0.15, 0.2) is 89.4 Å². The van der Waals surface area contributed by atoms with E-state index >= 15 is 0 Å². The number of thiophene rings is 1. The van der Waals surface area contributed by atoms with Crippen LogP contribution in [0.4, 0.5) is 0 Å². The second-order valence-corrected chi connectivity index (χ2v) is 8.72. The Morgan fingerprint density at radius 3 is 2.26 bits per heavy atom. The summed E-state index contributed by atoms with van der Waals surface area (Å²) in [4.78, 5) is 0. The Bertz CT molecular complexity index is 1300. The third kappa shape index (κ3) is 2.80. The van der Waals surface area contributed by atoms with Gasteiger partial charge in [0.2, 0.25) is 0 Å². The van der Waals surface area contributed by atoms with Gasteiger partial charge in [-0.3, -0.25) is 0 Å². The van der Waals surface area contributed by atoms with Gasteiger partial charge in [0.05, 0.1) is 0 Å². The minimum Gasteiger partial charge on any atom is -0.135 e. The van der Waals surface area contributed by atoms with Crippen LogP contribution in [0.5, 0.6) is 0 Å². The Labute approximate surface area is 171 Å². The van der Waals surface area contributed by atoms with Crippen molar-refractivity contribution in [1.29, 1.82) is 0 Å². The maximum absolute atomic E-state index is 3.74. The van der Waals surface area contributed by atoms with Gasteiger partial charge in [-0.1, -0.05) is 94.3 Å². The number of fused-ring (bicyclic) bond motifs is 3. The third-order valence-electron chi connectivity index (χ3n) is 5.03. The Morgan fingerprint density at radius 2 is 1.37 bits per heavy atom. The highest BCUT2D eigenvalue weighted by atomic mass is 79.9. The lowest BCUT2D eigenvalue weighted by Crippen LogP contribution is -1.88. The topological polar surface area (TPSA) is 0 Å². The number of rotatable bonds is 2. The molecule has 4 aromatic carbocycles. The predicted molar refractivity (Wildman–Crippen MR) is 123 cm³/mol. The van der Waals surface area contributed by atoms with Crippen LogP contribution in [0.1, 0.15) is 5.56 Å². The standard InChI is InChI=1S/C25H17BrS/c1-16-13-14-17(22(15-16)18-7-2-4-11-23(18)26)20-9-6-10-21-19-8-3-5-12-24(19)27-25(20)21/h2-15H,1H3. The first-order valence-corrected chi connectivity index (χ1v) is 10.6. The molecule has 0 saturated carbocycles. The van der Waals surface area contributed by atoms with Crippen molar-refractivity contribution >= 4 is 47.4 Å². The summed E-state index contributed by atoms with van der Waals surface area (Å²) in [5, 5.41) is 2.68. The summed E-state index contributed by atoms with van der Waals surface area (Å²) in [7, 11) is 0. The quantitative estimate of drug-likeness (QED) is 0.264. The van der Waals surface area contributed by atoms with E-state index in [-0.39, 0.29) is 0 Å². The van der Waals surface area contributed by atoms with Crippen molar-refractivity contribution in [2.45, 2.75) is 6.92 Å². The zero-order valence-corrected chi connectivity index (χ0v) is 17.3. The van der Waals surface area contributed by atoms with Crippen LogP contribution < -0.4 is 0 Å². The normalized spacial score (nSPS) is 11.3. The molecule has 0 aliphatic carbocycles. The lowest BCUT2D eigenvalue weighted by atomic mass is 9.92. The molecule has 27 heavy (non-hydrogen) atoms. The fourth-order valence-corrected chi connectivity index (χ4v) is 5.48. The Kier molecular flexibility index (Phi) is 4.11. The highest BCUT2D eigenvalue weighted by Crippen LogP contribution is 2.43. The molecule has 0 saturated heterocycles. The molecule has 5 aromatic rings. The zero-order valence-electron chi connectivity index (χ0n) is 14.9. The first-order chi connectivity index (χ1) is 13.2. The molecule has 0 unspecified atom stereocenters. The molecule has 1 aromatic heterocycles. The average molecular weight is 429 g/mol. The molecule has 0 spiro atoms. The molecule has 2 heteroatoms. The van der Waals surface area contributed by atoms with Crippen molar-refractivity contribution in [2.24, 2.45) is 0 Å². The van der Waals surface area contributed by atoms with Crippen molar-refractivity contribution in [3.63, 3.8) is 0 Å². The second kappa shape index (κ2) is 6.63. The molecule has 1 heterocycles. The van der Waals surface area contributed by atoms with E-state index < -0.39 is 0 Å². The van der Waals surface area contributed by atoms with Crippen molar-refractivity contribution in [1.82, 2.24) is 0 Å². The van der Waals surface area contributed by atoms with E-state index in [1.807, 2.05) is 11.3 Å². The number of aryl methyl sites for hydroxylation is 1. The Hall–Kier alpha value is -2.42. The number of hydrogen-bond acceptors (Lipinski definition) is 1. The van der Waals surface area contributed by atoms with Gasteiger partial charge in [0.25, 0.3) is 0 Å². The molecule has 0 fully saturated rings. The van der Waals surface area contributed by atoms with Gasteiger partial charge in [-0.15, -0.1) is 11.3 Å². The summed E-state index contributed by atoms with van der Waals surface area (Å²) in [6, 6.07) is 30.6. The van der Waals surface area contributed by atoms with Gasteiger partial charge in [-0.25, -0.2) is 0 Å². The predicted octanol–water partition coefficient (Wildman–Crippen LogP) is 8.46. The summed E-state index contributed by atoms with van der Waals surface area (Å²) in [6.45, 7) is 2.16. The summed E-state index contributed by atoms with van der Waals surface area (Å²) >= 11 is 5.63. The molecular weight excluding hydrogens is 412 g/mol. The van der Waals surface area contributed by atoms with E-state index in [0.717, 1.165) is 4.47 Å². The molecule has 0 aliphatic rings. The van der Waals surface area contributed by atoms with Crippen molar-refractivity contribution in [3.05, 3.63) is 95.0 Å². The monoisotopic (exact) mass is 428 g/mol. The van der Waals surface area contributed by atoms with Crippen LogP contribution in [0.3, 0.4) is 0 Å². The number of halogens is 1. The van der Waals surface area contributed by atoms with Gasteiger partial charge in [-0.2, -0.15) is 0 Å². The molecule has 0 N–H and O–H groups in total. The highest BCUT2D eigenvalue weighted by molar-refractivity contribution is 9.10. The number of benzene rings is 4. The van der Waals surface area contributed by atoms with E-state index in [1.54, 1.807) is 0 Å². The van der Waals surface area contributed by atoms with E-state index in [4.69, 9.17) is 0 Å². The van der Waals surface area contributed by atoms with Crippen LogP contribution in [0.25, 0.3) is 42.4 Å². The van der Waals surface area contributed by atoms with E-state index in [9.17, 15) is 0 Å². The highest BCUT2D eigenvalue weighted by Gasteiger charge is 2.15. The van der Waals surface area contributed by atoms with Gasteiger partial charge in [0.1, 0.15) is 0 Å². The van der Waals surface area contributed by atoms with Gasteiger partial charge in [-0.05, 0) is 35.7 Å². The van der Waals surface area contributed by atoms with Gasteiger partial charge >= 0.3 is 0 Å². The molecule has 5 rings (SSSR count). The van der Waals surface area contributed by atoms with Crippen LogP contribution in [-0.4, -0.2) is 0 Å². The lowest BCUT2D eigenvalue weighted by Gasteiger charge is -2.14. The van der Waals surface area contributed by atoms with E-state index in [1.165, 1.54) is 48.0 Å². The summed E-state index contributed by atoms with van der Waals surface area (Å²) in [5.41, 5.74) is 6.36. The van der Waals surface area contributed by atoms with Gasteiger partial charge < -0.3 is 0 Å². The summed E-state index contributed by atoms with van der Waals surface area (Å²) in [6.07, 6.45) is 0. The van der Waals surface area contributed by atoms with Gasteiger partial charge in [0.15, 0.2) is 0 Å². The van der Waals surface area contributed by atoms with Crippen molar-refractivity contribution < 1.29 is 0 Å². The molecule has 0 amide bonds. The molecule has 0 radical (unpaired) electrons. The fourth-order valence-electron chi connectivity index (χ4n) is 3.75. The molecule has 0 aliphatic heterocycles. The van der Waals surface area contributed by atoms with Crippen LogP contribution in [0, 0.1) is 6.92 Å². The average Bonchev–Trinajstić information content (AvgIpc) is 3.07. The maximum atomic E-state index is 3.74. The largest absolute Gasteiger partial charge is 0.135 e. The molecule has 0 nitrogen and oxygen atoms in total. The summed E-state index contributed by atoms with van der Waals surface area (Å²) in [5.74, 6) is 0. The third-order valence-corrected chi connectivity index (χ3v) is 6.94.